The Morgan fingerprint density at radius 3 is 2.95 bits per heavy atom. The van der Waals surface area contributed by atoms with Crippen molar-refractivity contribution in [3.05, 3.63) is 11.6 Å². The van der Waals surface area contributed by atoms with Gasteiger partial charge in [-0.15, -0.1) is 24.0 Å². The summed E-state index contributed by atoms with van der Waals surface area (Å²) < 4.78 is 10.3. The maximum atomic E-state index is 5.30. The molecule has 1 aliphatic heterocycles. The molecular weight excluding hydrogens is 369 g/mol. The molecule has 0 atom stereocenters. The van der Waals surface area contributed by atoms with Crippen LogP contribution in [0.2, 0.25) is 0 Å². The highest BCUT2D eigenvalue weighted by atomic mass is 127. The monoisotopic (exact) mass is 397 g/mol. The first-order valence-corrected chi connectivity index (χ1v) is 7.13. The molecule has 0 unspecified atom stereocenters. The van der Waals surface area contributed by atoms with E-state index in [4.69, 9.17) is 9.47 Å². The Labute approximate surface area is 139 Å². The van der Waals surface area contributed by atoms with Gasteiger partial charge in [-0.1, -0.05) is 11.6 Å². The molecule has 1 rings (SSSR count). The average Bonchev–Trinajstić information content (AvgIpc) is 2.44. The summed E-state index contributed by atoms with van der Waals surface area (Å²) in [6.45, 7) is 7.05. The van der Waals surface area contributed by atoms with Crippen LogP contribution in [-0.4, -0.2) is 52.5 Å². The number of ether oxygens (including phenoxy) is 2. The van der Waals surface area contributed by atoms with Gasteiger partial charge in [0, 0.05) is 33.4 Å². The van der Waals surface area contributed by atoms with Gasteiger partial charge in [0.2, 0.25) is 0 Å². The second-order valence-electron chi connectivity index (χ2n) is 4.47. The van der Waals surface area contributed by atoms with Gasteiger partial charge in [0.1, 0.15) is 0 Å². The molecular formula is C14H28IN3O2. The van der Waals surface area contributed by atoms with E-state index >= 15 is 0 Å². The third-order valence-corrected chi connectivity index (χ3v) is 2.92. The fraction of sp³-hybridized carbons (Fsp3) is 0.786. The molecule has 0 fully saturated rings. The van der Waals surface area contributed by atoms with Crippen LogP contribution in [0.4, 0.5) is 0 Å². The van der Waals surface area contributed by atoms with Gasteiger partial charge in [-0.05, 0) is 26.2 Å². The number of nitrogens with zero attached hydrogens (tertiary/aromatic N) is 1. The number of aliphatic imine (C=N–C) groups is 1. The maximum absolute atomic E-state index is 5.30. The Morgan fingerprint density at radius 1 is 1.45 bits per heavy atom. The predicted octanol–water partition coefficient (Wildman–Crippen LogP) is 1.93. The maximum Gasteiger partial charge on any atom is 0.191 e. The van der Waals surface area contributed by atoms with Gasteiger partial charge >= 0.3 is 0 Å². The smallest absolute Gasteiger partial charge is 0.191 e. The van der Waals surface area contributed by atoms with E-state index < -0.39 is 0 Å². The Morgan fingerprint density at radius 2 is 2.30 bits per heavy atom. The lowest BCUT2D eigenvalue weighted by Gasteiger charge is -2.15. The number of nitrogens with one attached hydrogen (secondary N) is 2. The van der Waals surface area contributed by atoms with Crippen molar-refractivity contribution in [2.24, 2.45) is 4.99 Å². The molecule has 0 amide bonds. The van der Waals surface area contributed by atoms with E-state index in [2.05, 4.69) is 28.6 Å². The summed E-state index contributed by atoms with van der Waals surface area (Å²) in [5.41, 5.74) is 1.48. The Kier molecular flexibility index (Phi) is 13.4. The quantitative estimate of drug-likeness (QED) is 0.216. The van der Waals surface area contributed by atoms with Gasteiger partial charge < -0.3 is 20.1 Å². The second-order valence-corrected chi connectivity index (χ2v) is 4.47. The number of rotatable bonds is 8. The van der Waals surface area contributed by atoms with Gasteiger partial charge in [0.05, 0.1) is 13.2 Å². The standard InChI is InChI=1S/C14H27N3O2.HI/c1-3-15-14(16-8-4-10-18-2)17-9-5-13-6-11-19-12-7-13;/h6H,3-5,7-12H2,1-2H3,(H2,15,16,17);1H. The molecule has 5 nitrogen and oxygen atoms in total. The van der Waals surface area contributed by atoms with E-state index in [1.54, 1.807) is 7.11 Å². The van der Waals surface area contributed by atoms with Crippen molar-refractivity contribution in [1.82, 2.24) is 10.6 Å². The molecule has 0 aromatic heterocycles. The SMILES string of the molecule is CCNC(=NCCCOC)NCCC1=CCOCC1.I. The molecule has 0 aromatic rings. The first kappa shape index (κ1) is 19.7. The molecule has 2 N–H and O–H groups in total. The Hall–Kier alpha value is -0.340. The largest absolute Gasteiger partial charge is 0.385 e. The molecule has 0 saturated heterocycles. The highest BCUT2D eigenvalue weighted by molar-refractivity contribution is 14.0. The van der Waals surface area contributed by atoms with Crippen molar-refractivity contribution in [1.29, 1.82) is 0 Å². The minimum atomic E-state index is 0. The highest BCUT2D eigenvalue weighted by Gasteiger charge is 2.03. The summed E-state index contributed by atoms with van der Waals surface area (Å²) in [6, 6.07) is 0. The van der Waals surface area contributed by atoms with Gasteiger partial charge in [0.15, 0.2) is 5.96 Å². The zero-order chi connectivity index (χ0) is 13.8. The number of guanidine groups is 1. The highest BCUT2D eigenvalue weighted by Crippen LogP contribution is 2.10. The lowest BCUT2D eigenvalue weighted by Crippen LogP contribution is -2.38. The number of methoxy groups -OCH3 is 1. The molecule has 1 aliphatic rings. The van der Waals surface area contributed by atoms with Crippen LogP contribution in [0.3, 0.4) is 0 Å². The number of hydrogen-bond donors (Lipinski definition) is 2. The van der Waals surface area contributed by atoms with Gasteiger partial charge in [-0.3, -0.25) is 4.99 Å². The molecule has 0 spiro atoms. The summed E-state index contributed by atoms with van der Waals surface area (Å²) >= 11 is 0. The number of hydrogen-bond acceptors (Lipinski definition) is 3. The molecule has 0 bridgehead atoms. The predicted molar refractivity (Wildman–Crippen MR) is 94.0 cm³/mol. The lowest BCUT2D eigenvalue weighted by atomic mass is 10.1. The van der Waals surface area contributed by atoms with E-state index in [1.165, 1.54) is 5.57 Å². The van der Waals surface area contributed by atoms with Gasteiger partial charge in [0.25, 0.3) is 0 Å². The van der Waals surface area contributed by atoms with E-state index in [0.29, 0.717) is 0 Å². The second kappa shape index (κ2) is 13.6. The molecule has 0 aliphatic carbocycles. The Balaban J connectivity index is 0.00000361. The summed E-state index contributed by atoms with van der Waals surface area (Å²) in [4.78, 5) is 4.50. The lowest BCUT2D eigenvalue weighted by molar-refractivity contribution is 0.153. The first-order chi connectivity index (χ1) is 9.36. The average molecular weight is 397 g/mol. The zero-order valence-corrected chi connectivity index (χ0v) is 14.9. The van der Waals surface area contributed by atoms with Crippen molar-refractivity contribution in [2.45, 2.75) is 26.2 Å². The summed E-state index contributed by atoms with van der Waals surface area (Å²) in [7, 11) is 1.72. The minimum Gasteiger partial charge on any atom is -0.385 e. The van der Waals surface area contributed by atoms with Crippen LogP contribution in [0.5, 0.6) is 0 Å². The first-order valence-electron chi connectivity index (χ1n) is 7.13. The fourth-order valence-corrected chi connectivity index (χ4v) is 1.88. The van der Waals surface area contributed by atoms with Crippen molar-refractivity contribution in [3.8, 4) is 0 Å². The molecule has 0 saturated carbocycles. The van der Waals surface area contributed by atoms with Crippen LogP contribution in [0.1, 0.15) is 26.2 Å². The van der Waals surface area contributed by atoms with Crippen molar-refractivity contribution in [2.75, 3.05) is 46.6 Å². The van der Waals surface area contributed by atoms with Crippen LogP contribution in [0, 0.1) is 0 Å². The molecule has 0 aromatic carbocycles. The summed E-state index contributed by atoms with van der Waals surface area (Å²) in [5.74, 6) is 0.895. The van der Waals surface area contributed by atoms with Crippen LogP contribution in [0.25, 0.3) is 0 Å². The van der Waals surface area contributed by atoms with Crippen molar-refractivity contribution >= 4 is 29.9 Å². The third kappa shape index (κ3) is 9.55. The summed E-state index contributed by atoms with van der Waals surface area (Å²) in [6.07, 6.45) is 5.26. The molecule has 0 radical (unpaired) electrons. The van der Waals surface area contributed by atoms with Crippen molar-refractivity contribution < 1.29 is 9.47 Å². The summed E-state index contributed by atoms with van der Waals surface area (Å²) in [5, 5.41) is 6.61. The molecule has 118 valence electrons. The van der Waals surface area contributed by atoms with E-state index in [1.807, 2.05) is 0 Å². The molecule has 20 heavy (non-hydrogen) atoms. The zero-order valence-electron chi connectivity index (χ0n) is 12.6. The van der Waals surface area contributed by atoms with Crippen LogP contribution >= 0.6 is 24.0 Å². The van der Waals surface area contributed by atoms with Crippen LogP contribution < -0.4 is 10.6 Å². The molecule has 1 heterocycles. The van der Waals surface area contributed by atoms with E-state index in [9.17, 15) is 0 Å². The van der Waals surface area contributed by atoms with Gasteiger partial charge in [-0.2, -0.15) is 0 Å². The van der Waals surface area contributed by atoms with Crippen LogP contribution in [-0.2, 0) is 9.47 Å². The number of halogens is 1. The third-order valence-electron chi connectivity index (χ3n) is 2.92. The molecule has 6 heteroatoms. The van der Waals surface area contributed by atoms with Crippen molar-refractivity contribution in [3.63, 3.8) is 0 Å². The fourth-order valence-electron chi connectivity index (χ4n) is 1.88. The minimum absolute atomic E-state index is 0. The Bertz CT molecular complexity index is 296. The van der Waals surface area contributed by atoms with Gasteiger partial charge in [-0.25, -0.2) is 0 Å². The van der Waals surface area contributed by atoms with Crippen LogP contribution in [0.15, 0.2) is 16.6 Å². The van der Waals surface area contributed by atoms with E-state index in [-0.39, 0.29) is 24.0 Å². The topological polar surface area (TPSA) is 54.9 Å². The van der Waals surface area contributed by atoms with E-state index in [0.717, 1.165) is 64.7 Å². The normalized spacial score (nSPS) is 15.3.